The molecule has 0 radical (unpaired) electrons. The number of carbonyl (C=O) groups excluding carboxylic acids is 3. The SMILES string of the molecule is CC(NC(=O)C(NC(=O)C(N)Cc1c[nH]c2ccccc12)C(C)C)C(=O)NC(CO)C(=O)O. The number of aromatic nitrogens is 1. The van der Waals surface area contributed by atoms with E-state index in [0.717, 1.165) is 16.5 Å². The number of amides is 3. The summed E-state index contributed by atoms with van der Waals surface area (Å²) in [7, 11) is 0. The van der Waals surface area contributed by atoms with E-state index in [0.29, 0.717) is 0 Å². The van der Waals surface area contributed by atoms with Crippen LogP contribution in [-0.2, 0) is 25.6 Å². The first-order valence-corrected chi connectivity index (χ1v) is 10.6. The van der Waals surface area contributed by atoms with Crippen molar-refractivity contribution in [3.05, 3.63) is 36.0 Å². The van der Waals surface area contributed by atoms with E-state index in [2.05, 4.69) is 20.9 Å². The first kappa shape index (κ1) is 25.8. The van der Waals surface area contributed by atoms with E-state index in [-0.39, 0.29) is 12.3 Å². The zero-order chi connectivity index (χ0) is 24.7. The molecule has 0 aliphatic rings. The van der Waals surface area contributed by atoms with Gasteiger partial charge in [-0.3, -0.25) is 14.4 Å². The highest BCUT2D eigenvalue weighted by Crippen LogP contribution is 2.18. The van der Waals surface area contributed by atoms with Gasteiger partial charge in [0, 0.05) is 17.1 Å². The summed E-state index contributed by atoms with van der Waals surface area (Å²) < 4.78 is 0. The number of hydrogen-bond donors (Lipinski definition) is 7. The van der Waals surface area contributed by atoms with Gasteiger partial charge < -0.3 is 36.9 Å². The number of rotatable bonds is 11. The van der Waals surface area contributed by atoms with Crippen LogP contribution >= 0.6 is 0 Å². The van der Waals surface area contributed by atoms with Gasteiger partial charge in [-0.15, -0.1) is 0 Å². The molecule has 1 aromatic heterocycles. The molecule has 0 bridgehead atoms. The van der Waals surface area contributed by atoms with E-state index in [9.17, 15) is 19.2 Å². The van der Waals surface area contributed by atoms with Crippen molar-refractivity contribution in [2.45, 2.75) is 51.4 Å². The lowest BCUT2D eigenvalue weighted by molar-refractivity contribution is -0.143. The molecular formula is C22H31N5O6. The Morgan fingerprint density at radius 1 is 1.00 bits per heavy atom. The molecule has 1 aromatic carbocycles. The summed E-state index contributed by atoms with van der Waals surface area (Å²) in [4.78, 5) is 51.7. The zero-order valence-electron chi connectivity index (χ0n) is 18.8. The van der Waals surface area contributed by atoms with Crippen molar-refractivity contribution in [1.82, 2.24) is 20.9 Å². The molecule has 0 fully saturated rings. The highest BCUT2D eigenvalue weighted by atomic mass is 16.4. The van der Waals surface area contributed by atoms with Crippen LogP contribution in [0.1, 0.15) is 26.3 Å². The maximum atomic E-state index is 12.7. The number of hydrogen-bond acceptors (Lipinski definition) is 6. The topological polar surface area (TPSA) is 187 Å². The molecule has 2 rings (SSSR count). The maximum Gasteiger partial charge on any atom is 0.328 e. The van der Waals surface area contributed by atoms with Gasteiger partial charge in [-0.25, -0.2) is 4.79 Å². The molecule has 8 N–H and O–H groups in total. The molecular weight excluding hydrogens is 430 g/mol. The van der Waals surface area contributed by atoms with E-state index in [1.54, 1.807) is 20.0 Å². The van der Waals surface area contributed by atoms with E-state index in [1.165, 1.54) is 6.92 Å². The second kappa shape index (κ2) is 11.4. The number of aliphatic hydroxyl groups excluding tert-OH is 1. The van der Waals surface area contributed by atoms with Crippen LogP contribution in [0.25, 0.3) is 10.9 Å². The van der Waals surface area contributed by atoms with Gasteiger partial charge in [0.15, 0.2) is 0 Å². The van der Waals surface area contributed by atoms with Crippen molar-refractivity contribution < 1.29 is 29.4 Å². The highest BCUT2D eigenvalue weighted by molar-refractivity contribution is 5.94. The summed E-state index contributed by atoms with van der Waals surface area (Å²) in [5.41, 5.74) is 7.90. The van der Waals surface area contributed by atoms with Crippen molar-refractivity contribution >= 4 is 34.6 Å². The number of fused-ring (bicyclic) bond motifs is 1. The largest absolute Gasteiger partial charge is 0.480 e. The number of carboxylic acids is 1. The Hall–Kier alpha value is -3.44. The maximum absolute atomic E-state index is 12.7. The third kappa shape index (κ3) is 6.77. The summed E-state index contributed by atoms with van der Waals surface area (Å²) >= 11 is 0. The highest BCUT2D eigenvalue weighted by Gasteiger charge is 2.30. The van der Waals surface area contributed by atoms with Crippen LogP contribution in [0.4, 0.5) is 0 Å². The molecule has 11 heteroatoms. The van der Waals surface area contributed by atoms with Gasteiger partial charge in [0.25, 0.3) is 0 Å². The van der Waals surface area contributed by atoms with Crippen LogP contribution in [0.3, 0.4) is 0 Å². The minimum atomic E-state index is -1.49. The standard InChI is InChI=1S/C22H31N5O6/c1-11(2)18(21(31)25-12(3)19(29)26-17(10-28)22(32)33)27-20(30)15(23)8-13-9-24-16-7-5-4-6-14(13)16/h4-7,9,11-12,15,17-18,24,28H,8,10,23H2,1-3H3,(H,25,31)(H,26,29)(H,27,30)(H,32,33). The number of aromatic amines is 1. The van der Waals surface area contributed by atoms with Gasteiger partial charge in [0.1, 0.15) is 18.1 Å². The fraction of sp³-hybridized carbons (Fsp3) is 0.455. The molecule has 1 heterocycles. The van der Waals surface area contributed by atoms with Crippen molar-refractivity contribution in [1.29, 1.82) is 0 Å². The number of H-pyrrole nitrogens is 1. The van der Waals surface area contributed by atoms with Crippen LogP contribution in [0.2, 0.25) is 0 Å². The van der Waals surface area contributed by atoms with Gasteiger partial charge in [0.05, 0.1) is 12.6 Å². The minimum Gasteiger partial charge on any atom is -0.480 e. The Bertz CT molecular complexity index is 1000. The number of benzene rings is 1. The van der Waals surface area contributed by atoms with Crippen molar-refractivity contribution in [3.63, 3.8) is 0 Å². The summed E-state index contributed by atoms with van der Waals surface area (Å²) in [5.74, 6) is -3.63. The Morgan fingerprint density at radius 2 is 1.67 bits per heavy atom. The molecule has 33 heavy (non-hydrogen) atoms. The Labute approximate surface area is 191 Å². The fourth-order valence-electron chi connectivity index (χ4n) is 3.28. The van der Waals surface area contributed by atoms with Gasteiger partial charge in [-0.1, -0.05) is 32.0 Å². The fourth-order valence-corrected chi connectivity index (χ4v) is 3.28. The number of aliphatic hydroxyl groups is 1. The smallest absolute Gasteiger partial charge is 0.328 e. The first-order valence-electron chi connectivity index (χ1n) is 10.6. The monoisotopic (exact) mass is 461 g/mol. The number of nitrogens with two attached hydrogens (primary N) is 1. The molecule has 0 spiro atoms. The third-order valence-corrected chi connectivity index (χ3v) is 5.25. The molecule has 0 aliphatic carbocycles. The number of aliphatic carboxylic acids is 1. The van der Waals surface area contributed by atoms with E-state index >= 15 is 0 Å². The predicted octanol–water partition coefficient (Wildman–Crippen LogP) is -0.755. The van der Waals surface area contributed by atoms with Gasteiger partial charge in [-0.2, -0.15) is 0 Å². The lowest BCUT2D eigenvalue weighted by atomic mass is 10.0. The minimum absolute atomic E-state index is 0.263. The van der Waals surface area contributed by atoms with Crippen LogP contribution in [0, 0.1) is 5.92 Å². The summed E-state index contributed by atoms with van der Waals surface area (Å²) in [5, 5.41) is 26.1. The molecule has 4 unspecified atom stereocenters. The van der Waals surface area contributed by atoms with Crippen LogP contribution < -0.4 is 21.7 Å². The molecule has 4 atom stereocenters. The lowest BCUT2D eigenvalue weighted by Gasteiger charge is -2.25. The average Bonchev–Trinajstić information content (AvgIpc) is 3.17. The van der Waals surface area contributed by atoms with Gasteiger partial charge in [0.2, 0.25) is 17.7 Å². The van der Waals surface area contributed by atoms with Crippen molar-refractivity contribution in [2.24, 2.45) is 11.7 Å². The predicted molar refractivity (Wildman–Crippen MR) is 121 cm³/mol. The van der Waals surface area contributed by atoms with E-state index in [1.807, 2.05) is 24.3 Å². The Morgan fingerprint density at radius 3 is 2.27 bits per heavy atom. The zero-order valence-corrected chi connectivity index (χ0v) is 18.8. The summed E-state index contributed by atoms with van der Waals surface area (Å²) in [6.45, 7) is 4.03. The third-order valence-electron chi connectivity index (χ3n) is 5.25. The number of nitrogens with one attached hydrogen (secondary N) is 4. The summed E-state index contributed by atoms with van der Waals surface area (Å²) in [6, 6.07) is 3.18. The molecule has 0 saturated carbocycles. The second-order valence-electron chi connectivity index (χ2n) is 8.21. The van der Waals surface area contributed by atoms with E-state index < -0.39 is 54.5 Å². The first-order chi connectivity index (χ1) is 15.5. The molecule has 2 aromatic rings. The quantitative estimate of drug-likeness (QED) is 0.229. The average molecular weight is 462 g/mol. The van der Waals surface area contributed by atoms with Crippen LogP contribution in [0.15, 0.2) is 30.5 Å². The Kier molecular flexibility index (Phi) is 8.94. The Balaban J connectivity index is 1.99. The number of para-hydroxylation sites is 1. The molecule has 0 aliphatic heterocycles. The van der Waals surface area contributed by atoms with E-state index in [4.69, 9.17) is 15.9 Å². The molecule has 180 valence electrons. The van der Waals surface area contributed by atoms with Gasteiger partial charge >= 0.3 is 5.97 Å². The normalized spacial score (nSPS) is 14.8. The molecule has 0 saturated heterocycles. The second-order valence-corrected chi connectivity index (χ2v) is 8.21. The van der Waals surface area contributed by atoms with Crippen LogP contribution in [-0.4, -0.2) is 69.7 Å². The van der Waals surface area contributed by atoms with Crippen LogP contribution in [0.5, 0.6) is 0 Å². The van der Waals surface area contributed by atoms with Crippen molar-refractivity contribution in [3.8, 4) is 0 Å². The number of carboxylic acid groups (broad SMARTS) is 1. The van der Waals surface area contributed by atoms with Crippen molar-refractivity contribution in [2.75, 3.05) is 6.61 Å². The molecule has 11 nitrogen and oxygen atoms in total. The summed E-state index contributed by atoms with van der Waals surface area (Å²) in [6.07, 6.45) is 2.06. The van der Waals surface area contributed by atoms with Gasteiger partial charge in [-0.05, 0) is 30.9 Å². The number of carbonyl (C=O) groups is 4. The molecule has 3 amide bonds. The lowest BCUT2D eigenvalue weighted by Crippen LogP contribution is -2.58.